The van der Waals surface area contributed by atoms with Gasteiger partial charge in [0.15, 0.2) is 0 Å². The number of nitrogens with zero attached hydrogens (tertiary/aromatic N) is 5. The second-order valence-electron chi connectivity index (χ2n) is 10.7. The molecule has 8 nitrogen and oxygen atoms in total. The van der Waals surface area contributed by atoms with Crippen molar-refractivity contribution in [3.8, 4) is 0 Å². The Balaban J connectivity index is 1.42. The maximum atomic E-state index is 13.2. The molecular formula is C30H39Cl2N5O3. The Morgan fingerprint density at radius 3 is 2.40 bits per heavy atom. The Hall–Kier alpha value is -2.81. The Morgan fingerprint density at radius 2 is 1.75 bits per heavy atom. The molecule has 0 radical (unpaired) electrons. The first-order chi connectivity index (χ1) is 19.3. The zero-order valence-corrected chi connectivity index (χ0v) is 25.1. The Labute approximate surface area is 247 Å². The van der Waals surface area contributed by atoms with E-state index in [9.17, 15) is 9.59 Å². The fourth-order valence-corrected chi connectivity index (χ4v) is 6.26. The summed E-state index contributed by atoms with van der Waals surface area (Å²) >= 11 is 12.3. The van der Waals surface area contributed by atoms with Crippen LogP contribution in [0.2, 0.25) is 10.0 Å². The lowest BCUT2D eigenvalue weighted by Gasteiger charge is -2.42. The highest BCUT2D eigenvalue weighted by Gasteiger charge is 2.32. The van der Waals surface area contributed by atoms with E-state index in [2.05, 4.69) is 27.1 Å². The van der Waals surface area contributed by atoms with Crippen LogP contribution >= 0.6 is 23.2 Å². The number of benzene rings is 2. The lowest BCUT2D eigenvalue weighted by molar-refractivity contribution is 0.0812. The van der Waals surface area contributed by atoms with Gasteiger partial charge in [0.1, 0.15) is 7.11 Å². The standard InChI is InChI=1S/C30H39Cl2N5O3/c1-34-13-7-14-37(30(34)39)26-10-15-36(16-11-26)17-12-27(22-8-5-4-6-9-22)28(33-40-3)21-35(2)29(38)23-18-24(31)20-25(32)19-23/h4-6,8-9,18-20,26-27H,7,10-17,21H2,1-3H3/b33-28+. The van der Waals surface area contributed by atoms with Crippen molar-refractivity contribution >= 4 is 40.9 Å². The molecule has 40 heavy (non-hydrogen) atoms. The number of rotatable bonds is 10. The lowest BCUT2D eigenvalue weighted by atomic mass is 9.89. The number of urea groups is 1. The minimum Gasteiger partial charge on any atom is -0.399 e. The molecule has 10 heteroatoms. The number of likely N-dealkylation sites (tertiary alicyclic amines) is 1. The molecule has 4 rings (SSSR count). The molecule has 2 aliphatic rings. The van der Waals surface area contributed by atoms with Gasteiger partial charge >= 0.3 is 6.03 Å². The van der Waals surface area contributed by atoms with Crippen molar-refractivity contribution in [1.82, 2.24) is 19.6 Å². The smallest absolute Gasteiger partial charge is 0.319 e. The summed E-state index contributed by atoms with van der Waals surface area (Å²) in [5, 5.41) is 5.24. The quantitative estimate of drug-likeness (QED) is 0.273. The summed E-state index contributed by atoms with van der Waals surface area (Å²) in [5.74, 6) is -0.227. The maximum Gasteiger partial charge on any atom is 0.319 e. The largest absolute Gasteiger partial charge is 0.399 e. The number of hydrogen-bond donors (Lipinski definition) is 0. The van der Waals surface area contributed by atoms with Crippen molar-refractivity contribution in [2.75, 3.05) is 60.5 Å². The Bertz CT molecular complexity index is 1170. The molecule has 0 saturated carbocycles. The molecule has 0 bridgehead atoms. The summed E-state index contributed by atoms with van der Waals surface area (Å²) in [6.45, 7) is 4.77. The maximum absolute atomic E-state index is 13.2. The second-order valence-corrected chi connectivity index (χ2v) is 11.5. The Morgan fingerprint density at radius 1 is 1.07 bits per heavy atom. The van der Waals surface area contributed by atoms with Crippen LogP contribution in [0.25, 0.3) is 0 Å². The van der Waals surface area contributed by atoms with Crippen LogP contribution in [0, 0.1) is 0 Å². The van der Waals surface area contributed by atoms with Gasteiger partial charge in [-0.25, -0.2) is 4.79 Å². The summed E-state index contributed by atoms with van der Waals surface area (Å²) < 4.78 is 0. The third-order valence-corrected chi connectivity index (χ3v) is 8.30. The van der Waals surface area contributed by atoms with Crippen LogP contribution < -0.4 is 0 Å². The van der Waals surface area contributed by atoms with E-state index < -0.39 is 0 Å². The van der Waals surface area contributed by atoms with Gasteiger partial charge in [-0.1, -0.05) is 58.7 Å². The van der Waals surface area contributed by atoms with Gasteiger partial charge in [0.25, 0.3) is 5.91 Å². The van der Waals surface area contributed by atoms with Gasteiger partial charge in [-0.2, -0.15) is 0 Å². The summed E-state index contributed by atoms with van der Waals surface area (Å²) in [6, 6.07) is 15.5. The normalized spacial score (nSPS) is 18.1. The average Bonchev–Trinajstić information content (AvgIpc) is 2.94. The van der Waals surface area contributed by atoms with Crippen molar-refractivity contribution in [3.05, 3.63) is 69.7 Å². The summed E-state index contributed by atoms with van der Waals surface area (Å²) in [5.41, 5.74) is 2.32. The van der Waals surface area contributed by atoms with Gasteiger partial charge in [0, 0.05) is 67.8 Å². The van der Waals surface area contributed by atoms with E-state index in [1.165, 1.54) is 7.11 Å². The zero-order valence-electron chi connectivity index (χ0n) is 23.6. The van der Waals surface area contributed by atoms with Gasteiger partial charge in [-0.15, -0.1) is 0 Å². The number of carbonyl (C=O) groups is 2. The third kappa shape index (κ3) is 7.68. The van der Waals surface area contributed by atoms with E-state index in [-0.39, 0.29) is 17.9 Å². The van der Waals surface area contributed by atoms with Crippen LogP contribution in [0.15, 0.2) is 53.7 Å². The van der Waals surface area contributed by atoms with Crippen LogP contribution in [-0.4, -0.2) is 104 Å². The fraction of sp³-hybridized carbons (Fsp3) is 0.500. The number of hydrogen-bond acceptors (Lipinski definition) is 5. The lowest BCUT2D eigenvalue weighted by Crippen LogP contribution is -2.54. The molecule has 0 aromatic heterocycles. The van der Waals surface area contributed by atoms with Gasteiger partial charge in [-0.3, -0.25) is 4.79 Å². The number of halogens is 2. The molecule has 2 aromatic rings. The first-order valence-electron chi connectivity index (χ1n) is 13.9. The molecule has 2 aromatic carbocycles. The van der Waals surface area contributed by atoms with Gasteiger partial charge in [0.2, 0.25) is 0 Å². The van der Waals surface area contributed by atoms with Crippen molar-refractivity contribution in [1.29, 1.82) is 0 Å². The number of piperidine rings is 1. The number of oxime groups is 1. The molecule has 216 valence electrons. The molecule has 0 aliphatic carbocycles. The molecule has 0 spiro atoms. The van der Waals surface area contributed by atoms with Crippen LogP contribution in [-0.2, 0) is 4.84 Å². The second kappa shape index (κ2) is 14.2. The molecule has 2 aliphatic heterocycles. The minimum absolute atomic E-state index is 0.0330. The molecule has 1 unspecified atom stereocenters. The van der Waals surface area contributed by atoms with Crippen LogP contribution in [0.5, 0.6) is 0 Å². The molecule has 2 fully saturated rings. The first kappa shape index (κ1) is 30.2. The minimum atomic E-state index is -0.194. The van der Waals surface area contributed by atoms with Gasteiger partial charge < -0.3 is 24.4 Å². The van der Waals surface area contributed by atoms with E-state index in [0.29, 0.717) is 28.2 Å². The summed E-state index contributed by atoms with van der Waals surface area (Å²) in [7, 11) is 5.17. The number of carbonyl (C=O) groups excluding carboxylic acids is 2. The van der Waals surface area contributed by atoms with Crippen LogP contribution in [0.3, 0.4) is 0 Å². The first-order valence-corrected chi connectivity index (χ1v) is 14.6. The van der Waals surface area contributed by atoms with Crippen molar-refractivity contribution in [3.63, 3.8) is 0 Å². The van der Waals surface area contributed by atoms with Gasteiger partial charge in [0.05, 0.1) is 12.3 Å². The molecule has 2 saturated heterocycles. The third-order valence-electron chi connectivity index (χ3n) is 7.86. The summed E-state index contributed by atoms with van der Waals surface area (Å²) in [4.78, 5) is 39.1. The number of amides is 3. The van der Waals surface area contributed by atoms with E-state index >= 15 is 0 Å². The molecule has 3 amide bonds. The van der Waals surface area contributed by atoms with Crippen molar-refractivity contribution < 1.29 is 14.4 Å². The zero-order chi connectivity index (χ0) is 28.6. The van der Waals surface area contributed by atoms with E-state index in [4.69, 9.17) is 28.0 Å². The molecular weight excluding hydrogens is 549 g/mol. The van der Waals surface area contributed by atoms with Crippen molar-refractivity contribution in [2.45, 2.75) is 37.6 Å². The summed E-state index contributed by atoms with van der Waals surface area (Å²) in [6.07, 6.45) is 3.82. The molecule has 2 heterocycles. The van der Waals surface area contributed by atoms with E-state index in [1.807, 2.05) is 30.1 Å². The van der Waals surface area contributed by atoms with Crippen LogP contribution in [0.4, 0.5) is 4.79 Å². The molecule has 0 N–H and O–H groups in total. The highest BCUT2D eigenvalue weighted by Crippen LogP contribution is 2.26. The average molecular weight is 589 g/mol. The Kier molecular flexibility index (Phi) is 10.7. The SMILES string of the molecule is CO/N=C(\CN(C)C(=O)c1cc(Cl)cc(Cl)c1)C(CCN1CCC(N2CCCN(C)C2=O)CC1)c1ccccc1. The van der Waals surface area contributed by atoms with Crippen LogP contribution in [0.1, 0.15) is 47.5 Å². The monoisotopic (exact) mass is 587 g/mol. The predicted octanol–water partition coefficient (Wildman–Crippen LogP) is 5.46. The van der Waals surface area contributed by atoms with E-state index in [0.717, 1.165) is 69.7 Å². The van der Waals surface area contributed by atoms with E-state index in [1.54, 1.807) is 30.1 Å². The highest BCUT2D eigenvalue weighted by atomic mass is 35.5. The van der Waals surface area contributed by atoms with Gasteiger partial charge in [-0.05, 0) is 56.0 Å². The topological polar surface area (TPSA) is 68.7 Å². The van der Waals surface area contributed by atoms with Crippen molar-refractivity contribution in [2.24, 2.45) is 5.16 Å². The highest BCUT2D eigenvalue weighted by molar-refractivity contribution is 6.35. The predicted molar refractivity (Wildman–Crippen MR) is 160 cm³/mol. The molecule has 1 atom stereocenters. The fourth-order valence-electron chi connectivity index (χ4n) is 5.74.